The molecule has 6 nitrogen and oxygen atoms in total. The second kappa shape index (κ2) is 9.03. The van der Waals surface area contributed by atoms with Gasteiger partial charge in [0.1, 0.15) is 23.9 Å². The van der Waals surface area contributed by atoms with Gasteiger partial charge in [0.15, 0.2) is 0 Å². The topological polar surface area (TPSA) is 73.6 Å². The number of ether oxygens (including phenoxy) is 2. The number of benzene rings is 2. The summed E-state index contributed by atoms with van der Waals surface area (Å²) in [7, 11) is 0. The van der Waals surface area contributed by atoms with Gasteiger partial charge < -0.3 is 19.3 Å². The number of hydrogen-bond donors (Lipinski definition) is 1. The second-order valence-corrected chi connectivity index (χ2v) is 7.62. The Labute approximate surface area is 176 Å². The third-order valence-corrected chi connectivity index (χ3v) is 5.38. The molecule has 1 aliphatic rings. The van der Waals surface area contributed by atoms with Gasteiger partial charge in [0, 0.05) is 11.3 Å². The molecular formula is C24H26N2O4. The van der Waals surface area contributed by atoms with Crippen molar-refractivity contribution in [1.29, 1.82) is 0 Å². The highest BCUT2D eigenvalue weighted by molar-refractivity contribution is 6.04. The first-order valence-corrected chi connectivity index (χ1v) is 10.3. The average Bonchev–Trinajstić information content (AvgIpc) is 3.38. The summed E-state index contributed by atoms with van der Waals surface area (Å²) in [5.74, 6) is 2.00. The molecule has 156 valence electrons. The molecule has 1 fully saturated rings. The summed E-state index contributed by atoms with van der Waals surface area (Å²) in [4.78, 5) is 12.6. The Morgan fingerprint density at radius 1 is 1.10 bits per heavy atom. The Bertz CT molecular complexity index is 985. The van der Waals surface area contributed by atoms with Crippen molar-refractivity contribution in [3.63, 3.8) is 0 Å². The van der Waals surface area contributed by atoms with Crippen molar-refractivity contribution in [1.82, 2.24) is 5.16 Å². The maximum absolute atomic E-state index is 12.6. The summed E-state index contributed by atoms with van der Waals surface area (Å²) in [6.07, 6.45) is 5.03. The fourth-order valence-corrected chi connectivity index (χ4v) is 3.61. The fraction of sp³-hybridized carbons (Fsp3) is 0.333. The Morgan fingerprint density at radius 3 is 2.57 bits per heavy atom. The van der Waals surface area contributed by atoms with Gasteiger partial charge in [-0.1, -0.05) is 11.2 Å². The van der Waals surface area contributed by atoms with Crippen LogP contribution in [0.3, 0.4) is 0 Å². The molecule has 0 unspecified atom stereocenters. The lowest BCUT2D eigenvalue weighted by Gasteiger charge is -2.13. The van der Waals surface area contributed by atoms with Crippen LogP contribution in [0.2, 0.25) is 0 Å². The molecule has 0 bridgehead atoms. The summed E-state index contributed by atoms with van der Waals surface area (Å²) < 4.78 is 17.0. The molecule has 1 aliphatic carbocycles. The molecule has 3 aromatic rings. The lowest BCUT2D eigenvalue weighted by atomic mass is 10.2. The molecule has 0 saturated heterocycles. The van der Waals surface area contributed by atoms with Gasteiger partial charge in [-0.25, -0.2) is 0 Å². The number of aromatic nitrogens is 1. The minimum atomic E-state index is -0.192. The zero-order chi connectivity index (χ0) is 20.9. The Kier molecular flexibility index (Phi) is 6.02. The van der Waals surface area contributed by atoms with Crippen LogP contribution in [0, 0.1) is 13.8 Å². The van der Waals surface area contributed by atoms with E-state index in [-0.39, 0.29) is 5.91 Å². The number of nitrogens with one attached hydrogen (secondary N) is 1. The van der Waals surface area contributed by atoms with Gasteiger partial charge in [0.05, 0.1) is 17.4 Å². The van der Waals surface area contributed by atoms with Crippen molar-refractivity contribution in [3.8, 4) is 11.5 Å². The molecule has 1 N–H and O–H groups in total. The SMILES string of the molecule is Cc1noc(C)c1COc1cccc(C(=O)Nc2ccc(OC3CCCC3)cc2)c1. The molecule has 0 aliphatic heterocycles. The first-order chi connectivity index (χ1) is 14.6. The number of rotatable bonds is 7. The average molecular weight is 406 g/mol. The first-order valence-electron chi connectivity index (χ1n) is 10.3. The lowest BCUT2D eigenvalue weighted by molar-refractivity contribution is 0.102. The summed E-state index contributed by atoms with van der Waals surface area (Å²) >= 11 is 0. The molecule has 30 heavy (non-hydrogen) atoms. The van der Waals surface area contributed by atoms with Gasteiger partial charge in [-0.15, -0.1) is 0 Å². The number of amides is 1. The standard InChI is InChI=1S/C24H26N2O4/c1-16-23(17(2)30-26-16)15-28-22-9-5-6-18(14-22)24(27)25-19-10-12-21(13-11-19)29-20-7-3-4-8-20/h5-6,9-14,20H,3-4,7-8,15H2,1-2H3,(H,25,27). The number of hydrogen-bond acceptors (Lipinski definition) is 5. The van der Waals surface area contributed by atoms with Crippen molar-refractivity contribution in [2.45, 2.75) is 52.2 Å². The summed E-state index contributed by atoms with van der Waals surface area (Å²) in [6, 6.07) is 14.6. The van der Waals surface area contributed by atoms with E-state index >= 15 is 0 Å². The predicted molar refractivity (Wildman–Crippen MR) is 114 cm³/mol. The Balaban J connectivity index is 1.35. The number of aryl methyl sites for hydroxylation is 2. The van der Waals surface area contributed by atoms with E-state index in [1.54, 1.807) is 18.2 Å². The van der Waals surface area contributed by atoms with Crippen molar-refractivity contribution in [3.05, 3.63) is 71.1 Å². The Morgan fingerprint density at radius 2 is 1.87 bits per heavy atom. The first kappa shape index (κ1) is 20.0. The third kappa shape index (κ3) is 4.82. The van der Waals surface area contributed by atoms with E-state index in [2.05, 4.69) is 10.5 Å². The maximum atomic E-state index is 12.6. The van der Waals surface area contributed by atoms with Gasteiger partial charge in [0.2, 0.25) is 0 Å². The van der Waals surface area contributed by atoms with Crippen LogP contribution in [-0.4, -0.2) is 17.2 Å². The van der Waals surface area contributed by atoms with Gasteiger partial charge in [-0.2, -0.15) is 0 Å². The van der Waals surface area contributed by atoms with Crippen LogP contribution in [-0.2, 0) is 6.61 Å². The van der Waals surface area contributed by atoms with E-state index in [4.69, 9.17) is 14.0 Å². The van der Waals surface area contributed by atoms with E-state index in [0.29, 0.717) is 24.0 Å². The van der Waals surface area contributed by atoms with Crippen LogP contribution in [0.25, 0.3) is 0 Å². The number of nitrogens with zero attached hydrogens (tertiary/aromatic N) is 1. The second-order valence-electron chi connectivity index (χ2n) is 7.62. The number of anilines is 1. The molecule has 1 heterocycles. The van der Waals surface area contributed by atoms with Crippen LogP contribution in [0.1, 0.15) is 53.1 Å². The minimum absolute atomic E-state index is 0.192. The molecule has 4 rings (SSSR count). The highest BCUT2D eigenvalue weighted by Gasteiger charge is 2.16. The van der Waals surface area contributed by atoms with Crippen LogP contribution >= 0.6 is 0 Å². The molecule has 1 aromatic heterocycles. The van der Waals surface area contributed by atoms with Crippen LogP contribution in [0.15, 0.2) is 53.1 Å². The number of carbonyl (C=O) groups excluding carboxylic acids is 1. The normalized spacial score (nSPS) is 13.9. The van der Waals surface area contributed by atoms with Gasteiger partial charge in [-0.3, -0.25) is 4.79 Å². The van der Waals surface area contributed by atoms with E-state index in [9.17, 15) is 4.79 Å². The molecule has 6 heteroatoms. The van der Waals surface area contributed by atoms with Crippen molar-refractivity contribution >= 4 is 11.6 Å². The monoisotopic (exact) mass is 406 g/mol. The molecule has 0 spiro atoms. The van der Waals surface area contributed by atoms with Crippen LogP contribution in [0.4, 0.5) is 5.69 Å². The zero-order valence-corrected chi connectivity index (χ0v) is 17.3. The minimum Gasteiger partial charge on any atom is -0.490 e. The van der Waals surface area contributed by atoms with Crippen molar-refractivity contribution in [2.75, 3.05) is 5.32 Å². The molecular weight excluding hydrogens is 380 g/mol. The largest absolute Gasteiger partial charge is 0.490 e. The van der Waals surface area contributed by atoms with Gasteiger partial charge in [-0.05, 0) is 82.0 Å². The molecule has 0 atom stereocenters. The summed E-state index contributed by atoms with van der Waals surface area (Å²) in [5, 5.41) is 6.85. The quantitative estimate of drug-likeness (QED) is 0.565. The highest BCUT2D eigenvalue weighted by atomic mass is 16.5. The van der Waals surface area contributed by atoms with Crippen LogP contribution in [0.5, 0.6) is 11.5 Å². The van der Waals surface area contributed by atoms with Crippen molar-refractivity contribution in [2.24, 2.45) is 0 Å². The lowest BCUT2D eigenvalue weighted by Crippen LogP contribution is -2.13. The van der Waals surface area contributed by atoms with E-state index < -0.39 is 0 Å². The number of carbonyl (C=O) groups is 1. The Hall–Kier alpha value is -3.28. The van der Waals surface area contributed by atoms with Gasteiger partial charge >= 0.3 is 0 Å². The van der Waals surface area contributed by atoms with Gasteiger partial charge in [0.25, 0.3) is 5.91 Å². The summed E-state index contributed by atoms with van der Waals surface area (Å²) in [5.41, 5.74) is 2.98. The molecule has 0 radical (unpaired) electrons. The molecule has 1 amide bonds. The summed E-state index contributed by atoms with van der Waals surface area (Å²) in [6.45, 7) is 4.07. The van der Waals surface area contributed by atoms with E-state index in [0.717, 1.165) is 41.3 Å². The fourth-order valence-electron chi connectivity index (χ4n) is 3.61. The van der Waals surface area contributed by atoms with E-state index in [1.807, 2.05) is 44.2 Å². The van der Waals surface area contributed by atoms with Crippen molar-refractivity contribution < 1.29 is 18.8 Å². The molecule has 1 saturated carbocycles. The maximum Gasteiger partial charge on any atom is 0.255 e. The van der Waals surface area contributed by atoms with Crippen LogP contribution < -0.4 is 14.8 Å². The zero-order valence-electron chi connectivity index (χ0n) is 17.3. The third-order valence-electron chi connectivity index (χ3n) is 5.38. The molecule has 2 aromatic carbocycles. The predicted octanol–water partition coefficient (Wildman–Crippen LogP) is 5.44. The highest BCUT2D eigenvalue weighted by Crippen LogP contribution is 2.25. The van der Waals surface area contributed by atoms with E-state index in [1.165, 1.54) is 12.8 Å². The smallest absolute Gasteiger partial charge is 0.255 e.